The van der Waals surface area contributed by atoms with E-state index in [1.807, 2.05) is 17.9 Å². The number of fused-ring (bicyclic) bond motifs is 1. The monoisotopic (exact) mass is 298 g/mol. The summed E-state index contributed by atoms with van der Waals surface area (Å²) >= 11 is 3.11. The molecular formula is C13H18N2O2S2. The van der Waals surface area contributed by atoms with Crippen molar-refractivity contribution < 1.29 is 9.53 Å². The number of carbonyl (C=O) groups excluding carboxylic acids is 1. The second-order valence-electron chi connectivity index (χ2n) is 4.23. The molecule has 1 aliphatic rings. The van der Waals surface area contributed by atoms with E-state index in [0.717, 1.165) is 34.2 Å². The molecule has 0 atom stereocenters. The van der Waals surface area contributed by atoms with Gasteiger partial charge < -0.3 is 9.64 Å². The Hall–Kier alpha value is -1.01. The van der Waals surface area contributed by atoms with Crippen molar-refractivity contribution >= 4 is 40.6 Å². The van der Waals surface area contributed by atoms with Crippen LogP contribution in [0.25, 0.3) is 0 Å². The molecule has 0 unspecified atom stereocenters. The van der Waals surface area contributed by atoms with Crippen LogP contribution in [0.5, 0.6) is 0 Å². The summed E-state index contributed by atoms with van der Waals surface area (Å²) in [7, 11) is 0. The first-order valence-corrected chi connectivity index (χ1v) is 8.26. The molecule has 1 N–H and O–H groups in total. The fourth-order valence-electron chi connectivity index (χ4n) is 1.88. The van der Waals surface area contributed by atoms with Crippen LogP contribution in [0.3, 0.4) is 0 Å². The maximum atomic E-state index is 12.0. The molecule has 6 heteroatoms. The first kappa shape index (κ1) is 14.4. The summed E-state index contributed by atoms with van der Waals surface area (Å²) in [5, 5.41) is 7.84. The van der Waals surface area contributed by atoms with Gasteiger partial charge in [-0.3, -0.25) is 10.2 Å². The van der Waals surface area contributed by atoms with Crippen LogP contribution in [0.1, 0.15) is 31.6 Å². The molecule has 4 nitrogen and oxygen atoms in total. The van der Waals surface area contributed by atoms with E-state index in [4.69, 9.17) is 10.1 Å². The molecular weight excluding hydrogens is 280 g/mol. The molecule has 1 amide bonds. The summed E-state index contributed by atoms with van der Waals surface area (Å²) in [6.07, 6.45) is 2.07. The van der Waals surface area contributed by atoms with Crippen molar-refractivity contribution in [2.75, 3.05) is 23.8 Å². The van der Waals surface area contributed by atoms with Gasteiger partial charge in [0.2, 0.25) is 11.8 Å². The number of anilines is 1. The van der Waals surface area contributed by atoms with Gasteiger partial charge in [0.1, 0.15) is 0 Å². The lowest BCUT2D eigenvalue weighted by Gasteiger charge is -2.26. The van der Waals surface area contributed by atoms with Gasteiger partial charge in [-0.1, -0.05) is 13.3 Å². The average Bonchev–Trinajstić information content (AvgIpc) is 2.82. The molecule has 2 heterocycles. The second kappa shape index (κ2) is 6.43. The Labute approximate surface area is 121 Å². The molecule has 0 saturated heterocycles. The number of amides is 1. The Kier molecular flexibility index (Phi) is 4.87. The van der Waals surface area contributed by atoms with E-state index in [1.165, 1.54) is 0 Å². The van der Waals surface area contributed by atoms with Gasteiger partial charge in [0.25, 0.3) is 0 Å². The lowest BCUT2D eigenvalue weighted by Crippen LogP contribution is -2.35. The van der Waals surface area contributed by atoms with Gasteiger partial charge in [0.15, 0.2) is 0 Å². The van der Waals surface area contributed by atoms with Gasteiger partial charge in [-0.25, -0.2) is 0 Å². The average molecular weight is 298 g/mol. The third-order valence-electron chi connectivity index (χ3n) is 2.85. The van der Waals surface area contributed by atoms with Crippen molar-refractivity contribution in [2.45, 2.75) is 30.9 Å². The zero-order chi connectivity index (χ0) is 13.8. The summed E-state index contributed by atoms with van der Waals surface area (Å²) < 4.78 is 6.35. The molecule has 0 radical (unpaired) electrons. The van der Waals surface area contributed by atoms with Gasteiger partial charge >= 0.3 is 0 Å². The molecule has 0 aromatic carbocycles. The maximum Gasteiger partial charge on any atom is 0.237 e. The van der Waals surface area contributed by atoms with E-state index in [2.05, 4.69) is 6.92 Å². The molecule has 0 fully saturated rings. The number of unbranched alkanes of at least 4 members (excludes halogenated alkanes) is 1. The first-order chi connectivity index (χ1) is 9.17. The summed E-state index contributed by atoms with van der Waals surface area (Å²) in [6.45, 7) is 5.25. The van der Waals surface area contributed by atoms with E-state index in [0.29, 0.717) is 12.4 Å². The zero-order valence-corrected chi connectivity index (χ0v) is 12.8. The lowest BCUT2D eigenvalue weighted by molar-refractivity contribution is -0.116. The molecule has 0 aliphatic carbocycles. The fraction of sp³-hybridized carbons (Fsp3) is 0.538. The maximum absolute atomic E-state index is 12.0. The molecule has 0 bridgehead atoms. The minimum atomic E-state index is 0.165. The van der Waals surface area contributed by atoms with Crippen molar-refractivity contribution in [1.82, 2.24) is 0 Å². The van der Waals surface area contributed by atoms with E-state index >= 15 is 0 Å². The number of nitrogens with one attached hydrogen (secondary N) is 1. The highest BCUT2D eigenvalue weighted by molar-refractivity contribution is 8.02. The standard InChI is InChI=1S/C13H18N2O2S2/c1-3-5-6-15-9-7-10(12(14)17-4-2)19-13(9)18-8-11(15)16/h7,14H,3-6,8H2,1-2H3. The Balaban J connectivity index is 2.23. The van der Waals surface area contributed by atoms with Crippen LogP contribution >= 0.6 is 23.1 Å². The fourth-order valence-corrected chi connectivity index (χ4v) is 4.09. The van der Waals surface area contributed by atoms with E-state index in [-0.39, 0.29) is 11.8 Å². The highest BCUT2D eigenvalue weighted by Gasteiger charge is 2.27. The highest BCUT2D eigenvalue weighted by Crippen LogP contribution is 2.42. The number of nitrogens with zero attached hydrogens (tertiary/aromatic N) is 1. The van der Waals surface area contributed by atoms with Crippen molar-refractivity contribution in [2.24, 2.45) is 0 Å². The number of carbonyl (C=O) groups is 1. The summed E-state index contributed by atoms with van der Waals surface area (Å²) in [5.41, 5.74) is 0.958. The van der Waals surface area contributed by atoms with Crippen LogP contribution in [0.15, 0.2) is 10.3 Å². The Morgan fingerprint density at radius 2 is 2.32 bits per heavy atom. The predicted octanol–water partition coefficient (Wildman–Crippen LogP) is 3.35. The van der Waals surface area contributed by atoms with Gasteiger partial charge in [-0.05, 0) is 19.4 Å². The number of hydrogen-bond acceptors (Lipinski definition) is 5. The zero-order valence-electron chi connectivity index (χ0n) is 11.2. The van der Waals surface area contributed by atoms with E-state index < -0.39 is 0 Å². The number of hydrogen-bond donors (Lipinski definition) is 1. The van der Waals surface area contributed by atoms with Crippen LogP contribution in [-0.2, 0) is 9.53 Å². The van der Waals surface area contributed by atoms with Crippen LogP contribution in [0, 0.1) is 5.41 Å². The third kappa shape index (κ3) is 3.12. The molecule has 1 aromatic rings. The smallest absolute Gasteiger partial charge is 0.237 e. The lowest BCUT2D eigenvalue weighted by atomic mass is 10.3. The summed E-state index contributed by atoms with van der Waals surface area (Å²) in [4.78, 5) is 14.6. The predicted molar refractivity (Wildman–Crippen MR) is 80.8 cm³/mol. The molecule has 0 spiro atoms. The van der Waals surface area contributed by atoms with E-state index in [1.54, 1.807) is 23.1 Å². The third-order valence-corrected chi connectivity index (χ3v) is 5.23. The molecule has 1 aliphatic heterocycles. The van der Waals surface area contributed by atoms with Gasteiger partial charge in [0.05, 0.1) is 27.1 Å². The molecule has 104 valence electrons. The van der Waals surface area contributed by atoms with Crippen LogP contribution < -0.4 is 4.90 Å². The highest BCUT2D eigenvalue weighted by atomic mass is 32.2. The van der Waals surface area contributed by atoms with Crippen LogP contribution in [-0.4, -0.2) is 30.7 Å². The Bertz CT molecular complexity index is 485. The summed E-state index contributed by atoms with van der Waals surface area (Å²) in [6, 6.07) is 1.91. The molecule has 19 heavy (non-hydrogen) atoms. The molecule has 0 saturated carbocycles. The van der Waals surface area contributed by atoms with Crippen molar-refractivity contribution in [1.29, 1.82) is 5.41 Å². The summed E-state index contributed by atoms with van der Waals surface area (Å²) in [5.74, 6) is 0.863. The normalized spacial score (nSPS) is 14.4. The number of thioether (sulfide) groups is 1. The minimum absolute atomic E-state index is 0.165. The van der Waals surface area contributed by atoms with Crippen LogP contribution in [0.2, 0.25) is 0 Å². The first-order valence-electron chi connectivity index (χ1n) is 6.46. The largest absolute Gasteiger partial charge is 0.477 e. The minimum Gasteiger partial charge on any atom is -0.477 e. The molecule has 1 aromatic heterocycles. The second-order valence-corrected chi connectivity index (χ2v) is 6.53. The Morgan fingerprint density at radius 3 is 3.00 bits per heavy atom. The number of ether oxygens (including phenoxy) is 1. The van der Waals surface area contributed by atoms with Crippen molar-refractivity contribution in [3.63, 3.8) is 0 Å². The quantitative estimate of drug-likeness (QED) is 0.670. The van der Waals surface area contributed by atoms with Crippen molar-refractivity contribution in [3.05, 3.63) is 10.9 Å². The van der Waals surface area contributed by atoms with Gasteiger partial charge in [-0.15, -0.1) is 23.1 Å². The molecule has 2 rings (SSSR count). The topological polar surface area (TPSA) is 53.4 Å². The SMILES string of the molecule is CCCCN1C(=O)CSc2sc(C(=N)OCC)cc21. The van der Waals surface area contributed by atoms with Gasteiger partial charge in [-0.2, -0.15) is 0 Å². The number of thiophene rings is 1. The van der Waals surface area contributed by atoms with Gasteiger partial charge in [0, 0.05) is 6.54 Å². The van der Waals surface area contributed by atoms with E-state index in [9.17, 15) is 4.79 Å². The number of rotatable bonds is 5. The van der Waals surface area contributed by atoms with Crippen LogP contribution in [0.4, 0.5) is 5.69 Å². The van der Waals surface area contributed by atoms with Crippen molar-refractivity contribution in [3.8, 4) is 0 Å². The Morgan fingerprint density at radius 1 is 1.53 bits per heavy atom.